The quantitative estimate of drug-likeness (QED) is 0.499. The Morgan fingerprint density at radius 3 is 2.72 bits per heavy atom. The molecule has 18 heavy (non-hydrogen) atoms. The Labute approximate surface area is 120 Å². The largest absolute Gasteiger partial charge is 0.313 e. The van der Waals surface area contributed by atoms with Crippen LogP contribution in [0.5, 0.6) is 0 Å². The van der Waals surface area contributed by atoms with Gasteiger partial charge < -0.3 is 5.32 Å². The number of hydrogen-bond donors (Lipinski definition) is 1. The van der Waals surface area contributed by atoms with Gasteiger partial charge in [0.25, 0.3) is 0 Å². The van der Waals surface area contributed by atoms with Crippen molar-refractivity contribution in [1.82, 2.24) is 5.32 Å². The molecular weight excluding hydrogens is 265 g/mol. The van der Waals surface area contributed by atoms with Crippen molar-refractivity contribution in [3.63, 3.8) is 0 Å². The van der Waals surface area contributed by atoms with E-state index >= 15 is 0 Å². The zero-order valence-corrected chi connectivity index (χ0v) is 12.4. The second kappa shape index (κ2) is 8.58. The first-order valence-corrected chi connectivity index (χ1v) is 7.17. The van der Waals surface area contributed by atoms with Crippen LogP contribution >= 0.6 is 23.2 Å². The van der Waals surface area contributed by atoms with E-state index < -0.39 is 0 Å². The summed E-state index contributed by atoms with van der Waals surface area (Å²) in [7, 11) is 1.96. The van der Waals surface area contributed by atoms with Gasteiger partial charge in [0, 0.05) is 16.1 Å². The summed E-state index contributed by atoms with van der Waals surface area (Å²) in [6.45, 7) is 3.73. The lowest BCUT2D eigenvalue weighted by molar-refractivity contribution is 0.508. The minimum atomic E-state index is 0.278. The SMILES string of the molecule is C=CCCCCCC(NC)c1cc(Cl)ccc1Cl. The predicted octanol–water partition coefficient (Wildman–Crippen LogP) is 5.39. The van der Waals surface area contributed by atoms with Crippen molar-refractivity contribution in [2.75, 3.05) is 7.05 Å². The van der Waals surface area contributed by atoms with E-state index in [2.05, 4.69) is 11.9 Å². The molecule has 1 atom stereocenters. The third-order valence-electron chi connectivity index (χ3n) is 3.08. The molecule has 0 aliphatic rings. The van der Waals surface area contributed by atoms with Gasteiger partial charge in [0.2, 0.25) is 0 Å². The Morgan fingerprint density at radius 2 is 2.06 bits per heavy atom. The lowest BCUT2D eigenvalue weighted by atomic mass is 10.00. The highest BCUT2D eigenvalue weighted by molar-refractivity contribution is 6.33. The van der Waals surface area contributed by atoms with Crippen molar-refractivity contribution in [3.05, 3.63) is 46.5 Å². The predicted molar refractivity (Wildman–Crippen MR) is 81.5 cm³/mol. The van der Waals surface area contributed by atoms with Gasteiger partial charge in [-0.3, -0.25) is 0 Å². The maximum Gasteiger partial charge on any atom is 0.0454 e. The lowest BCUT2D eigenvalue weighted by Crippen LogP contribution is -2.16. The number of hydrogen-bond acceptors (Lipinski definition) is 1. The molecule has 1 aromatic carbocycles. The second-order valence-corrected chi connectivity index (χ2v) is 5.28. The molecule has 1 rings (SSSR count). The van der Waals surface area contributed by atoms with Gasteiger partial charge in [0.1, 0.15) is 0 Å². The van der Waals surface area contributed by atoms with Crippen LogP contribution in [0.2, 0.25) is 10.0 Å². The molecular formula is C15H21Cl2N. The molecule has 0 aliphatic carbocycles. The minimum Gasteiger partial charge on any atom is -0.313 e. The summed E-state index contributed by atoms with van der Waals surface area (Å²) in [4.78, 5) is 0. The van der Waals surface area contributed by atoms with Gasteiger partial charge in [-0.05, 0) is 50.1 Å². The zero-order valence-electron chi connectivity index (χ0n) is 10.9. The molecule has 0 heterocycles. The molecule has 0 bridgehead atoms. The average Bonchev–Trinajstić information content (AvgIpc) is 2.37. The van der Waals surface area contributed by atoms with Gasteiger partial charge in [-0.2, -0.15) is 0 Å². The van der Waals surface area contributed by atoms with Crippen molar-refractivity contribution >= 4 is 23.2 Å². The minimum absolute atomic E-state index is 0.278. The van der Waals surface area contributed by atoms with Crippen LogP contribution in [0.25, 0.3) is 0 Å². The first kappa shape index (κ1) is 15.6. The van der Waals surface area contributed by atoms with Gasteiger partial charge >= 0.3 is 0 Å². The van der Waals surface area contributed by atoms with E-state index in [4.69, 9.17) is 23.2 Å². The highest BCUT2D eigenvalue weighted by atomic mass is 35.5. The number of nitrogens with one attached hydrogen (secondary N) is 1. The van der Waals surface area contributed by atoms with E-state index in [1.165, 1.54) is 19.3 Å². The fraction of sp³-hybridized carbons (Fsp3) is 0.467. The van der Waals surface area contributed by atoms with Crippen molar-refractivity contribution < 1.29 is 0 Å². The average molecular weight is 286 g/mol. The third kappa shape index (κ3) is 5.01. The molecule has 0 aliphatic heterocycles. The summed E-state index contributed by atoms with van der Waals surface area (Å²) < 4.78 is 0. The molecule has 0 radical (unpaired) electrons. The molecule has 0 amide bonds. The maximum atomic E-state index is 6.22. The summed E-state index contributed by atoms with van der Waals surface area (Å²) >= 11 is 12.2. The van der Waals surface area contributed by atoms with Crippen molar-refractivity contribution in [3.8, 4) is 0 Å². The van der Waals surface area contributed by atoms with E-state index in [1.54, 1.807) is 0 Å². The van der Waals surface area contributed by atoms with Crippen molar-refractivity contribution in [2.24, 2.45) is 0 Å². The normalized spacial score (nSPS) is 12.4. The standard InChI is InChI=1S/C15H21Cl2N/c1-3-4-5-6-7-8-15(18-2)13-11-12(16)9-10-14(13)17/h3,9-11,15,18H,1,4-8H2,2H3. The molecule has 0 saturated carbocycles. The van der Waals surface area contributed by atoms with E-state index in [9.17, 15) is 0 Å². The van der Waals surface area contributed by atoms with Gasteiger partial charge in [0.15, 0.2) is 0 Å². The van der Waals surface area contributed by atoms with Gasteiger partial charge in [0.05, 0.1) is 0 Å². The molecule has 100 valence electrons. The van der Waals surface area contributed by atoms with E-state index in [0.29, 0.717) is 0 Å². The summed E-state index contributed by atoms with van der Waals surface area (Å²) in [5, 5.41) is 4.83. The highest BCUT2D eigenvalue weighted by Gasteiger charge is 2.12. The molecule has 0 spiro atoms. The summed E-state index contributed by atoms with van der Waals surface area (Å²) in [6, 6.07) is 5.92. The van der Waals surface area contributed by atoms with Crippen LogP contribution in [0.3, 0.4) is 0 Å². The number of rotatable bonds is 8. The Hall–Kier alpha value is -0.500. The van der Waals surface area contributed by atoms with E-state index in [0.717, 1.165) is 28.5 Å². The van der Waals surface area contributed by atoms with Gasteiger partial charge in [-0.15, -0.1) is 6.58 Å². The topological polar surface area (TPSA) is 12.0 Å². The summed E-state index contributed by atoms with van der Waals surface area (Å²) in [5.41, 5.74) is 1.09. The molecule has 1 aromatic rings. The first-order valence-electron chi connectivity index (χ1n) is 6.42. The summed E-state index contributed by atoms with van der Waals surface area (Å²) in [6.07, 6.45) is 7.77. The zero-order chi connectivity index (χ0) is 13.4. The van der Waals surface area contributed by atoms with Gasteiger partial charge in [-0.25, -0.2) is 0 Å². The fourth-order valence-electron chi connectivity index (χ4n) is 2.05. The Bertz CT molecular complexity index is 377. The van der Waals surface area contributed by atoms with Crippen LogP contribution in [0, 0.1) is 0 Å². The first-order chi connectivity index (χ1) is 8.69. The van der Waals surface area contributed by atoms with Crippen LogP contribution in [-0.4, -0.2) is 7.05 Å². The summed E-state index contributed by atoms with van der Waals surface area (Å²) in [5.74, 6) is 0. The Balaban J connectivity index is 2.54. The monoisotopic (exact) mass is 285 g/mol. The molecule has 1 unspecified atom stereocenters. The Morgan fingerprint density at radius 1 is 1.28 bits per heavy atom. The van der Waals surface area contributed by atoms with Crippen LogP contribution < -0.4 is 5.32 Å². The number of allylic oxidation sites excluding steroid dienone is 1. The molecule has 1 nitrogen and oxygen atoms in total. The smallest absolute Gasteiger partial charge is 0.0454 e. The van der Waals surface area contributed by atoms with Crippen LogP contribution in [0.4, 0.5) is 0 Å². The van der Waals surface area contributed by atoms with Crippen LogP contribution in [0.15, 0.2) is 30.9 Å². The van der Waals surface area contributed by atoms with Crippen LogP contribution in [0.1, 0.15) is 43.7 Å². The molecule has 0 fully saturated rings. The van der Waals surface area contributed by atoms with Crippen molar-refractivity contribution in [2.45, 2.75) is 38.1 Å². The van der Waals surface area contributed by atoms with E-state index in [1.807, 2.05) is 31.3 Å². The number of unbranched alkanes of at least 4 members (excludes halogenated alkanes) is 3. The lowest BCUT2D eigenvalue weighted by Gasteiger charge is -2.18. The second-order valence-electron chi connectivity index (χ2n) is 4.43. The van der Waals surface area contributed by atoms with E-state index in [-0.39, 0.29) is 6.04 Å². The third-order valence-corrected chi connectivity index (χ3v) is 3.66. The number of benzene rings is 1. The van der Waals surface area contributed by atoms with Crippen molar-refractivity contribution in [1.29, 1.82) is 0 Å². The molecule has 0 saturated heterocycles. The molecule has 3 heteroatoms. The molecule has 1 N–H and O–H groups in total. The van der Waals surface area contributed by atoms with Crippen LogP contribution in [-0.2, 0) is 0 Å². The fourth-order valence-corrected chi connectivity index (χ4v) is 2.48. The molecule has 0 aromatic heterocycles. The van der Waals surface area contributed by atoms with Gasteiger partial charge in [-0.1, -0.05) is 42.1 Å². The number of halogens is 2. The maximum absolute atomic E-state index is 6.22. The Kier molecular flexibility index (Phi) is 7.41. The highest BCUT2D eigenvalue weighted by Crippen LogP contribution is 2.29.